The smallest absolute Gasteiger partial charge is 0.223 e. The molecule has 4 nitrogen and oxygen atoms in total. The van der Waals surface area contributed by atoms with E-state index in [1.807, 2.05) is 0 Å². The monoisotopic (exact) mass is 258 g/mol. The summed E-state index contributed by atoms with van der Waals surface area (Å²) in [5.41, 5.74) is 5.34. The SMILES string of the molecule is CC(CN)NC(=O)CCOc1ccc(F)cc1F. The van der Waals surface area contributed by atoms with Gasteiger partial charge in [-0.1, -0.05) is 0 Å². The fourth-order valence-electron chi connectivity index (χ4n) is 1.25. The van der Waals surface area contributed by atoms with Crippen LogP contribution in [-0.4, -0.2) is 25.1 Å². The number of carbonyl (C=O) groups excluding carboxylic acids is 1. The van der Waals surface area contributed by atoms with E-state index in [1.54, 1.807) is 6.92 Å². The van der Waals surface area contributed by atoms with Gasteiger partial charge in [0.25, 0.3) is 0 Å². The number of hydrogen-bond acceptors (Lipinski definition) is 3. The van der Waals surface area contributed by atoms with Crippen molar-refractivity contribution in [1.29, 1.82) is 0 Å². The predicted molar refractivity (Wildman–Crippen MR) is 63.1 cm³/mol. The number of amides is 1. The summed E-state index contributed by atoms with van der Waals surface area (Å²) in [6.07, 6.45) is 0.0845. The molecule has 0 saturated heterocycles. The Morgan fingerprint density at radius 2 is 2.22 bits per heavy atom. The molecule has 0 radical (unpaired) electrons. The van der Waals surface area contributed by atoms with Crippen molar-refractivity contribution in [2.75, 3.05) is 13.2 Å². The lowest BCUT2D eigenvalue weighted by molar-refractivity contribution is -0.122. The zero-order valence-corrected chi connectivity index (χ0v) is 10.1. The van der Waals surface area contributed by atoms with Crippen LogP contribution in [0, 0.1) is 11.6 Å². The Labute approximate surface area is 104 Å². The van der Waals surface area contributed by atoms with E-state index >= 15 is 0 Å². The summed E-state index contributed by atoms with van der Waals surface area (Å²) in [4.78, 5) is 11.3. The summed E-state index contributed by atoms with van der Waals surface area (Å²) in [6.45, 7) is 2.14. The van der Waals surface area contributed by atoms with E-state index in [-0.39, 0.29) is 30.7 Å². The number of hydrogen-bond donors (Lipinski definition) is 2. The average Bonchev–Trinajstić information content (AvgIpc) is 2.31. The van der Waals surface area contributed by atoms with Crippen molar-refractivity contribution < 1.29 is 18.3 Å². The largest absolute Gasteiger partial charge is 0.490 e. The minimum Gasteiger partial charge on any atom is -0.490 e. The molecule has 0 spiro atoms. The standard InChI is InChI=1S/C12H16F2N2O2/c1-8(7-15)16-12(17)4-5-18-11-3-2-9(13)6-10(11)14/h2-3,6,8H,4-5,7,15H2,1H3,(H,16,17). The van der Waals surface area contributed by atoms with E-state index in [0.717, 1.165) is 12.1 Å². The molecule has 1 aromatic rings. The molecule has 6 heteroatoms. The molecule has 0 aliphatic rings. The van der Waals surface area contributed by atoms with Crippen molar-refractivity contribution in [1.82, 2.24) is 5.32 Å². The molecular weight excluding hydrogens is 242 g/mol. The lowest BCUT2D eigenvalue weighted by Crippen LogP contribution is -2.38. The number of ether oxygens (including phenoxy) is 1. The first kappa shape index (κ1) is 14.4. The molecule has 0 aliphatic carbocycles. The Morgan fingerprint density at radius 1 is 1.50 bits per heavy atom. The summed E-state index contributed by atoms with van der Waals surface area (Å²) in [5.74, 6) is -1.76. The van der Waals surface area contributed by atoms with Gasteiger partial charge in [-0.2, -0.15) is 0 Å². The van der Waals surface area contributed by atoms with Gasteiger partial charge in [-0.25, -0.2) is 8.78 Å². The Bertz CT molecular complexity index is 413. The number of rotatable bonds is 6. The summed E-state index contributed by atoms with van der Waals surface area (Å²) in [7, 11) is 0. The molecule has 1 amide bonds. The lowest BCUT2D eigenvalue weighted by atomic mass is 10.3. The molecule has 1 atom stereocenters. The Kier molecular flexibility index (Phi) is 5.51. The summed E-state index contributed by atoms with van der Waals surface area (Å²) >= 11 is 0. The molecule has 0 fully saturated rings. The van der Waals surface area contributed by atoms with E-state index in [0.29, 0.717) is 6.54 Å². The fraction of sp³-hybridized carbons (Fsp3) is 0.417. The van der Waals surface area contributed by atoms with Crippen molar-refractivity contribution >= 4 is 5.91 Å². The van der Waals surface area contributed by atoms with Crippen molar-refractivity contribution in [3.63, 3.8) is 0 Å². The molecule has 18 heavy (non-hydrogen) atoms. The fourth-order valence-corrected chi connectivity index (χ4v) is 1.25. The van der Waals surface area contributed by atoms with Crippen LogP contribution in [0.3, 0.4) is 0 Å². The van der Waals surface area contributed by atoms with Gasteiger partial charge >= 0.3 is 0 Å². The predicted octanol–water partition coefficient (Wildman–Crippen LogP) is 1.20. The summed E-state index contributed by atoms with van der Waals surface area (Å²) in [6, 6.07) is 2.89. The molecule has 3 N–H and O–H groups in total. The van der Waals surface area contributed by atoms with Gasteiger partial charge in [0, 0.05) is 18.7 Å². The van der Waals surface area contributed by atoms with E-state index < -0.39 is 11.6 Å². The minimum atomic E-state index is -0.786. The van der Waals surface area contributed by atoms with E-state index in [4.69, 9.17) is 10.5 Å². The summed E-state index contributed by atoms with van der Waals surface area (Å²) in [5, 5.41) is 2.64. The van der Waals surface area contributed by atoms with Gasteiger partial charge in [-0.15, -0.1) is 0 Å². The zero-order valence-electron chi connectivity index (χ0n) is 10.1. The molecule has 1 unspecified atom stereocenters. The Morgan fingerprint density at radius 3 is 2.83 bits per heavy atom. The van der Waals surface area contributed by atoms with Gasteiger partial charge in [0.05, 0.1) is 13.0 Å². The maximum absolute atomic E-state index is 13.2. The molecule has 0 bridgehead atoms. The van der Waals surface area contributed by atoms with Gasteiger partial charge in [-0.05, 0) is 19.1 Å². The number of benzene rings is 1. The Hall–Kier alpha value is -1.69. The second kappa shape index (κ2) is 6.90. The third kappa shape index (κ3) is 4.67. The molecule has 0 saturated carbocycles. The first-order valence-electron chi connectivity index (χ1n) is 5.60. The average molecular weight is 258 g/mol. The second-order valence-corrected chi connectivity index (χ2v) is 3.88. The quantitative estimate of drug-likeness (QED) is 0.805. The van der Waals surface area contributed by atoms with Gasteiger partial charge in [-0.3, -0.25) is 4.79 Å². The second-order valence-electron chi connectivity index (χ2n) is 3.88. The molecule has 1 aromatic carbocycles. The third-order valence-corrected chi connectivity index (χ3v) is 2.24. The van der Waals surface area contributed by atoms with E-state index in [2.05, 4.69) is 5.32 Å². The molecule has 0 aliphatic heterocycles. The van der Waals surface area contributed by atoms with Gasteiger partial charge in [0.1, 0.15) is 5.82 Å². The van der Waals surface area contributed by atoms with Gasteiger partial charge in [0.15, 0.2) is 11.6 Å². The number of carbonyl (C=O) groups is 1. The van der Waals surface area contributed by atoms with E-state index in [1.165, 1.54) is 6.07 Å². The topological polar surface area (TPSA) is 64.3 Å². The highest BCUT2D eigenvalue weighted by Gasteiger charge is 2.08. The van der Waals surface area contributed by atoms with Crippen molar-refractivity contribution in [3.8, 4) is 5.75 Å². The van der Waals surface area contributed by atoms with Crippen molar-refractivity contribution in [2.24, 2.45) is 5.73 Å². The van der Waals surface area contributed by atoms with Crippen LogP contribution in [0.25, 0.3) is 0 Å². The summed E-state index contributed by atoms with van der Waals surface area (Å²) < 4.78 is 30.8. The molecular formula is C12H16F2N2O2. The van der Waals surface area contributed by atoms with Crippen LogP contribution in [0.5, 0.6) is 5.75 Å². The third-order valence-electron chi connectivity index (χ3n) is 2.24. The highest BCUT2D eigenvalue weighted by atomic mass is 19.1. The van der Waals surface area contributed by atoms with Crippen LogP contribution >= 0.6 is 0 Å². The number of halogens is 2. The van der Waals surface area contributed by atoms with Crippen LogP contribution < -0.4 is 15.8 Å². The first-order chi connectivity index (χ1) is 8.52. The Balaban J connectivity index is 2.35. The minimum absolute atomic E-state index is 0.0195. The molecule has 0 heterocycles. The number of nitrogens with two attached hydrogens (primary N) is 1. The zero-order chi connectivity index (χ0) is 13.5. The van der Waals surface area contributed by atoms with E-state index in [9.17, 15) is 13.6 Å². The van der Waals surface area contributed by atoms with Crippen LogP contribution in [0.2, 0.25) is 0 Å². The maximum atomic E-state index is 13.2. The van der Waals surface area contributed by atoms with Gasteiger partial charge < -0.3 is 15.8 Å². The van der Waals surface area contributed by atoms with Crippen molar-refractivity contribution in [3.05, 3.63) is 29.8 Å². The van der Waals surface area contributed by atoms with Gasteiger partial charge in [0.2, 0.25) is 5.91 Å². The molecule has 0 aromatic heterocycles. The van der Waals surface area contributed by atoms with Crippen LogP contribution in [0.15, 0.2) is 18.2 Å². The molecule has 1 rings (SSSR count). The molecule has 100 valence electrons. The first-order valence-corrected chi connectivity index (χ1v) is 5.60. The van der Waals surface area contributed by atoms with Crippen LogP contribution in [0.4, 0.5) is 8.78 Å². The maximum Gasteiger partial charge on any atom is 0.223 e. The van der Waals surface area contributed by atoms with Crippen LogP contribution in [0.1, 0.15) is 13.3 Å². The highest BCUT2D eigenvalue weighted by Crippen LogP contribution is 2.17. The highest BCUT2D eigenvalue weighted by molar-refractivity contribution is 5.76. The van der Waals surface area contributed by atoms with Crippen LogP contribution in [-0.2, 0) is 4.79 Å². The lowest BCUT2D eigenvalue weighted by Gasteiger charge is -2.11. The van der Waals surface area contributed by atoms with Crippen molar-refractivity contribution in [2.45, 2.75) is 19.4 Å². The number of nitrogens with one attached hydrogen (secondary N) is 1. The normalized spacial score (nSPS) is 12.0.